The minimum absolute atomic E-state index is 0.0412. The molecule has 0 bridgehead atoms. The highest BCUT2D eigenvalue weighted by atomic mass is 32.2. The lowest BCUT2D eigenvalue weighted by atomic mass is 9.80. The van der Waals surface area contributed by atoms with Crippen LogP contribution in [0.2, 0.25) is 0 Å². The van der Waals surface area contributed by atoms with Crippen LogP contribution in [0.1, 0.15) is 41.9 Å². The predicted octanol–water partition coefficient (Wildman–Crippen LogP) is 3.15. The summed E-state index contributed by atoms with van der Waals surface area (Å²) in [5.74, 6) is 0.113. The van der Waals surface area contributed by atoms with Crippen LogP contribution in [-0.4, -0.2) is 50.3 Å². The number of hydrogen-bond donors (Lipinski definition) is 1. The molecule has 1 aliphatic heterocycles. The molecule has 1 saturated heterocycles. The van der Waals surface area contributed by atoms with Crippen molar-refractivity contribution in [2.75, 3.05) is 19.8 Å². The van der Waals surface area contributed by atoms with Gasteiger partial charge >= 0.3 is 0 Å². The fourth-order valence-corrected chi connectivity index (χ4v) is 4.79. The summed E-state index contributed by atoms with van der Waals surface area (Å²) in [7, 11) is -1.47. The van der Waals surface area contributed by atoms with Gasteiger partial charge in [0.15, 0.2) is 9.84 Å². The second kappa shape index (κ2) is 8.67. The molecule has 1 N–H and O–H groups in total. The molecule has 0 aliphatic carbocycles. The van der Waals surface area contributed by atoms with Crippen LogP contribution < -0.4 is 0 Å². The van der Waals surface area contributed by atoms with Crippen molar-refractivity contribution in [1.82, 2.24) is 4.90 Å². The molecule has 156 valence electrons. The first-order valence-electron chi connectivity index (χ1n) is 9.94. The van der Waals surface area contributed by atoms with Crippen LogP contribution in [0.5, 0.6) is 0 Å². The highest BCUT2D eigenvalue weighted by molar-refractivity contribution is 7.90. The third kappa shape index (κ3) is 5.06. The Bertz CT molecular complexity index is 969. The van der Waals surface area contributed by atoms with Gasteiger partial charge in [0.2, 0.25) is 5.91 Å². The Morgan fingerprint density at radius 2 is 1.79 bits per heavy atom. The van der Waals surface area contributed by atoms with Crippen LogP contribution in [0.4, 0.5) is 0 Å². The third-order valence-electron chi connectivity index (χ3n) is 5.96. The molecule has 0 aromatic heterocycles. The van der Waals surface area contributed by atoms with E-state index in [1.807, 2.05) is 37.3 Å². The Morgan fingerprint density at radius 1 is 1.14 bits per heavy atom. The van der Waals surface area contributed by atoms with E-state index in [0.29, 0.717) is 25.8 Å². The van der Waals surface area contributed by atoms with Crippen molar-refractivity contribution < 1.29 is 18.3 Å². The number of aliphatic hydroxyl groups excluding tert-OH is 1. The Kier molecular flexibility index (Phi) is 6.44. The summed E-state index contributed by atoms with van der Waals surface area (Å²) in [6.45, 7) is 2.61. The number of hydrogen-bond acceptors (Lipinski definition) is 4. The Morgan fingerprint density at radius 3 is 2.38 bits per heavy atom. The number of sulfone groups is 1. The molecule has 1 fully saturated rings. The second-order valence-electron chi connectivity index (χ2n) is 8.13. The summed E-state index contributed by atoms with van der Waals surface area (Å²) >= 11 is 0. The number of piperidine rings is 1. The van der Waals surface area contributed by atoms with Crippen molar-refractivity contribution in [3.05, 3.63) is 65.2 Å². The number of aryl methyl sites for hydroxylation is 1. The summed E-state index contributed by atoms with van der Waals surface area (Å²) in [4.78, 5) is 13.8. The molecule has 0 radical (unpaired) electrons. The maximum Gasteiger partial charge on any atom is 0.222 e. The van der Waals surface area contributed by atoms with Gasteiger partial charge in [0.25, 0.3) is 0 Å². The van der Waals surface area contributed by atoms with Crippen LogP contribution in [0.15, 0.2) is 53.4 Å². The highest BCUT2D eigenvalue weighted by Crippen LogP contribution is 2.35. The van der Waals surface area contributed by atoms with Crippen LogP contribution in [0.3, 0.4) is 0 Å². The van der Waals surface area contributed by atoms with Gasteiger partial charge in [-0.3, -0.25) is 4.79 Å². The fraction of sp³-hybridized carbons (Fsp3) is 0.435. The molecule has 1 heterocycles. The SMILES string of the molecule is Cc1ccccc1C(C[C@@H](O)C1CCC(=O)N(C)C1)c1ccc(S(C)(=O)=O)cc1. The lowest BCUT2D eigenvalue weighted by Crippen LogP contribution is -2.41. The number of carbonyl (C=O) groups is 1. The number of aliphatic hydroxyl groups is 1. The number of nitrogens with zero attached hydrogens (tertiary/aromatic N) is 1. The monoisotopic (exact) mass is 415 g/mol. The molecule has 3 atom stereocenters. The summed E-state index contributed by atoms with van der Waals surface area (Å²) in [5.41, 5.74) is 3.23. The van der Waals surface area contributed by atoms with Gasteiger partial charge in [0.05, 0.1) is 11.0 Å². The maximum atomic E-state index is 11.8. The molecule has 1 amide bonds. The Labute approximate surface area is 173 Å². The lowest BCUT2D eigenvalue weighted by molar-refractivity contribution is -0.134. The first-order chi connectivity index (χ1) is 13.7. The number of rotatable bonds is 6. The van der Waals surface area contributed by atoms with Gasteiger partial charge in [0, 0.05) is 38.1 Å². The average Bonchev–Trinajstić information content (AvgIpc) is 2.68. The number of likely N-dealkylation sites (tertiary alicyclic amines) is 1. The summed E-state index contributed by atoms with van der Waals surface area (Å²) in [5, 5.41) is 11.0. The molecule has 2 aromatic rings. The Hall–Kier alpha value is -2.18. The molecular weight excluding hydrogens is 386 g/mol. The van der Waals surface area contributed by atoms with Crippen molar-refractivity contribution in [3.63, 3.8) is 0 Å². The molecular formula is C23H29NO4S. The molecule has 2 unspecified atom stereocenters. The molecule has 0 saturated carbocycles. The van der Waals surface area contributed by atoms with Crippen molar-refractivity contribution in [2.45, 2.75) is 43.1 Å². The first kappa shape index (κ1) is 21.5. The van der Waals surface area contributed by atoms with E-state index in [-0.39, 0.29) is 22.6 Å². The molecule has 2 aromatic carbocycles. The summed E-state index contributed by atoms with van der Waals surface area (Å²) in [6.07, 6.45) is 2.33. The number of amides is 1. The molecule has 29 heavy (non-hydrogen) atoms. The molecule has 6 heteroatoms. The van der Waals surface area contributed by atoms with Crippen molar-refractivity contribution in [3.8, 4) is 0 Å². The minimum atomic E-state index is -3.26. The molecule has 5 nitrogen and oxygen atoms in total. The normalized spacial score (nSPS) is 19.8. The maximum absolute atomic E-state index is 11.8. The third-order valence-corrected chi connectivity index (χ3v) is 7.09. The topological polar surface area (TPSA) is 74.7 Å². The predicted molar refractivity (Wildman–Crippen MR) is 114 cm³/mol. The molecule has 0 spiro atoms. The van der Waals surface area contributed by atoms with Crippen LogP contribution >= 0.6 is 0 Å². The lowest BCUT2D eigenvalue weighted by Gasteiger charge is -2.34. The standard InChI is InChI=1S/C23H29NO4S/c1-16-6-4-5-7-20(16)21(17-8-11-19(12-9-17)29(3,27)28)14-22(25)18-10-13-23(26)24(2)15-18/h4-9,11-12,18,21-22,25H,10,13-15H2,1-3H3/t18?,21?,22-/m1/s1. The Balaban J connectivity index is 1.90. The van der Waals surface area contributed by atoms with Gasteiger partial charge in [-0.1, -0.05) is 36.4 Å². The van der Waals surface area contributed by atoms with Gasteiger partial charge in [-0.05, 0) is 48.6 Å². The fourth-order valence-electron chi connectivity index (χ4n) is 4.16. The van der Waals surface area contributed by atoms with E-state index in [1.165, 1.54) is 6.26 Å². The van der Waals surface area contributed by atoms with E-state index >= 15 is 0 Å². The number of benzene rings is 2. The van der Waals surface area contributed by atoms with E-state index in [4.69, 9.17) is 0 Å². The van der Waals surface area contributed by atoms with E-state index in [0.717, 1.165) is 16.7 Å². The number of carbonyl (C=O) groups excluding carboxylic acids is 1. The van der Waals surface area contributed by atoms with Gasteiger partial charge < -0.3 is 10.0 Å². The van der Waals surface area contributed by atoms with E-state index in [2.05, 4.69) is 6.07 Å². The molecule has 3 rings (SSSR count). The van der Waals surface area contributed by atoms with Crippen molar-refractivity contribution in [2.24, 2.45) is 5.92 Å². The van der Waals surface area contributed by atoms with Gasteiger partial charge in [-0.25, -0.2) is 8.42 Å². The zero-order valence-corrected chi connectivity index (χ0v) is 18.0. The second-order valence-corrected chi connectivity index (χ2v) is 10.1. The van der Waals surface area contributed by atoms with Gasteiger partial charge in [-0.2, -0.15) is 0 Å². The first-order valence-corrected chi connectivity index (χ1v) is 11.8. The highest BCUT2D eigenvalue weighted by Gasteiger charge is 2.31. The summed E-state index contributed by atoms with van der Waals surface area (Å²) < 4.78 is 23.6. The van der Waals surface area contributed by atoms with E-state index < -0.39 is 15.9 Å². The molecule has 1 aliphatic rings. The quantitative estimate of drug-likeness (QED) is 0.786. The average molecular weight is 416 g/mol. The minimum Gasteiger partial charge on any atom is -0.393 e. The largest absolute Gasteiger partial charge is 0.393 e. The van der Waals surface area contributed by atoms with Crippen LogP contribution in [0, 0.1) is 12.8 Å². The zero-order chi connectivity index (χ0) is 21.2. The van der Waals surface area contributed by atoms with Crippen molar-refractivity contribution in [1.29, 1.82) is 0 Å². The van der Waals surface area contributed by atoms with E-state index in [1.54, 1.807) is 24.1 Å². The van der Waals surface area contributed by atoms with E-state index in [9.17, 15) is 18.3 Å². The zero-order valence-electron chi connectivity index (χ0n) is 17.2. The summed E-state index contributed by atoms with van der Waals surface area (Å²) in [6, 6.07) is 15.0. The smallest absolute Gasteiger partial charge is 0.222 e. The van der Waals surface area contributed by atoms with Crippen molar-refractivity contribution >= 4 is 15.7 Å². The van der Waals surface area contributed by atoms with Crippen LogP contribution in [-0.2, 0) is 14.6 Å². The van der Waals surface area contributed by atoms with Gasteiger partial charge in [0.1, 0.15) is 0 Å². The van der Waals surface area contributed by atoms with Gasteiger partial charge in [-0.15, -0.1) is 0 Å². The van der Waals surface area contributed by atoms with Crippen LogP contribution in [0.25, 0.3) is 0 Å².